The van der Waals surface area contributed by atoms with Crippen molar-refractivity contribution in [2.24, 2.45) is 0 Å². The Hall–Kier alpha value is -8.40. The Morgan fingerprint density at radius 1 is 0.254 bits per heavy atom. The van der Waals surface area contributed by atoms with Crippen molar-refractivity contribution in [3.8, 4) is 55.9 Å². The largest absolute Gasteiger partial charge is 0.456 e. The van der Waals surface area contributed by atoms with Gasteiger partial charge in [-0.3, -0.25) is 0 Å². The topological polar surface area (TPSA) is 23.0 Å². The second-order valence-electron chi connectivity index (χ2n) is 16.5. The SMILES string of the molecule is c1ccc(-n2c3ccccc3c3ccc(-c4ccc5c6ccccc6n(-c6ccc(-c7ccc(-c8ccc(-c9cccc%10oc%11ccccc%11c9%10)cc8)cc7)cc6)c5c4)cc32)cc1. The fourth-order valence-corrected chi connectivity index (χ4v) is 9.95. The molecule has 0 aliphatic rings. The van der Waals surface area contributed by atoms with E-state index in [1.807, 2.05) is 12.1 Å². The van der Waals surface area contributed by atoms with Gasteiger partial charge < -0.3 is 13.6 Å². The van der Waals surface area contributed by atoms with Crippen molar-refractivity contribution in [1.29, 1.82) is 0 Å². The molecule has 3 heterocycles. The van der Waals surface area contributed by atoms with Gasteiger partial charge in [0.1, 0.15) is 11.2 Å². The molecule has 3 nitrogen and oxygen atoms in total. The molecule has 0 aliphatic heterocycles. The maximum atomic E-state index is 6.16. The molecule has 13 rings (SSSR count). The minimum atomic E-state index is 0.916. The Kier molecular flexibility index (Phi) is 7.91. The first-order valence-electron chi connectivity index (χ1n) is 21.6. The summed E-state index contributed by atoms with van der Waals surface area (Å²) < 4.78 is 11.0. The Morgan fingerprint density at radius 2 is 0.667 bits per heavy atom. The molecule has 0 radical (unpaired) electrons. The van der Waals surface area contributed by atoms with Crippen LogP contribution in [0.3, 0.4) is 0 Å². The second-order valence-corrected chi connectivity index (χ2v) is 16.5. The zero-order chi connectivity index (χ0) is 41.4. The van der Waals surface area contributed by atoms with E-state index in [0.29, 0.717) is 0 Å². The molecule has 10 aromatic carbocycles. The van der Waals surface area contributed by atoms with Crippen LogP contribution in [0, 0.1) is 0 Å². The van der Waals surface area contributed by atoms with Gasteiger partial charge in [0.15, 0.2) is 0 Å². The molecule has 0 bridgehead atoms. The maximum Gasteiger partial charge on any atom is 0.136 e. The predicted molar refractivity (Wildman–Crippen MR) is 264 cm³/mol. The molecule has 13 aromatic rings. The van der Waals surface area contributed by atoms with Crippen LogP contribution in [0.15, 0.2) is 235 Å². The lowest BCUT2D eigenvalue weighted by atomic mass is 9.96. The highest BCUT2D eigenvalue weighted by Gasteiger charge is 2.17. The van der Waals surface area contributed by atoms with E-state index >= 15 is 0 Å². The molecule has 0 unspecified atom stereocenters. The van der Waals surface area contributed by atoms with Gasteiger partial charge in [-0.15, -0.1) is 0 Å². The molecule has 63 heavy (non-hydrogen) atoms. The fourth-order valence-electron chi connectivity index (χ4n) is 9.95. The van der Waals surface area contributed by atoms with Crippen LogP contribution in [0.4, 0.5) is 0 Å². The van der Waals surface area contributed by atoms with Gasteiger partial charge in [0.05, 0.1) is 22.1 Å². The lowest BCUT2D eigenvalue weighted by Crippen LogP contribution is -1.94. The predicted octanol–water partition coefficient (Wildman–Crippen LogP) is 16.4. The normalized spacial score (nSPS) is 11.8. The molecule has 0 amide bonds. The van der Waals surface area contributed by atoms with Crippen molar-refractivity contribution in [1.82, 2.24) is 9.13 Å². The average Bonchev–Trinajstić information content (AvgIpc) is 4.02. The maximum absolute atomic E-state index is 6.16. The van der Waals surface area contributed by atoms with E-state index in [9.17, 15) is 0 Å². The van der Waals surface area contributed by atoms with Crippen LogP contribution in [-0.2, 0) is 0 Å². The van der Waals surface area contributed by atoms with E-state index in [2.05, 4.69) is 228 Å². The van der Waals surface area contributed by atoms with Gasteiger partial charge in [-0.25, -0.2) is 0 Å². The first-order valence-corrected chi connectivity index (χ1v) is 21.6. The Labute approximate surface area is 363 Å². The van der Waals surface area contributed by atoms with Gasteiger partial charge in [-0.2, -0.15) is 0 Å². The summed E-state index contributed by atoms with van der Waals surface area (Å²) in [5.74, 6) is 0. The van der Waals surface area contributed by atoms with E-state index < -0.39 is 0 Å². The molecule has 0 aliphatic carbocycles. The molecular weight excluding hydrogens is 765 g/mol. The zero-order valence-electron chi connectivity index (χ0n) is 34.2. The number of fused-ring (bicyclic) bond motifs is 9. The number of rotatable bonds is 6. The van der Waals surface area contributed by atoms with Crippen LogP contribution in [0.25, 0.3) is 121 Å². The summed E-state index contributed by atoms with van der Waals surface area (Å²) in [6.45, 7) is 0. The lowest BCUT2D eigenvalue weighted by molar-refractivity contribution is 0.669. The van der Waals surface area contributed by atoms with Crippen molar-refractivity contribution in [3.05, 3.63) is 231 Å². The molecule has 0 atom stereocenters. The number of furan rings is 1. The van der Waals surface area contributed by atoms with Gasteiger partial charge in [0, 0.05) is 43.7 Å². The molecule has 0 spiro atoms. The third kappa shape index (κ3) is 5.67. The summed E-state index contributed by atoms with van der Waals surface area (Å²) in [4.78, 5) is 0. The number of hydrogen-bond acceptors (Lipinski definition) is 1. The minimum absolute atomic E-state index is 0.916. The quantitative estimate of drug-likeness (QED) is 0.164. The van der Waals surface area contributed by atoms with Gasteiger partial charge in [0.2, 0.25) is 0 Å². The van der Waals surface area contributed by atoms with E-state index in [1.165, 1.54) is 88.1 Å². The number of hydrogen-bond donors (Lipinski definition) is 0. The van der Waals surface area contributed by atoms with Crippen molar-refractivity contribution in [2.45, 2.75) is 0 Å². The van der Waals surface area contributed by atoms with Gasteiger partial charge >= 0.3 is 0 Å². The van der Waals surface area contributed by atoms with E-state index in [4.69, 9.17) is 4.42 Å². The highest BCUT2D eigenvalue weighted by atomic mass is 16.3. The number of benzene rings is 10. The number of nitrogens with zero attached hydrogens (tertiary/aromatic N) is 2. The third-order valence-electron chi connectivity index (χ3n) is 13.0. The molecule has 0 fully saturated rings. The molecule has 0 saturated heterocycles. The average molecular weight is 803 g/mol. The monoisotopic (exact) mass is 802 g/mol. The summed E-state index contributed by atoms with van der Waals surface area (Å²) >= 11 is 0. The highest BCUT2D eigenvalue weighted by Crippen LogP contribution is 2.40. The van der Waals surface area contributed by atoms with E-state index in [0.717, 1.165) is 33.3 Å². The van der Waals surface area contributed by atoms with Gasteiger partial charge in [0.25, 0.3) is 0 Å². The van der Waals surface area contributed by atoms with Crippen molar-refractivity contribution in [2.75, 3.05) is 0 Å². The first-order chi connectivity index (χ1) is 31.2. The Bertz CT molecular complexity index is 3870. The molecular formula is C60H38N2O. The Morgan fingerprint density at radius 3 is 1.24 bits per heavy atom. The number of aromatic nitrogens is 2. The van der Waals surface area contributed by atoms with E-state index in [1.54, 1.807) is 0 Å². The van der Waals surface area contributed by atoms with Crippen LogP contribution >= 0.6 is 0 Å². The summed E-state index contributed by atoms with van der Waals surface area (Å²) in [6.07, 6.45) is 0. The fraction of sp³-hybridized carbons (Fsp3) is 0. The van der Waals surface area contributed by atoms with Crippen LogP contribution < -0.4 is 0 Å². The minimum Gasteiger partial charge on any atom is -0.456 e. The highest BCUT2D eigenvalue weighted by molar-refractivity contribution is 6.13. The summed E-state index contributed by atoms with van der Waals surface area (Å²) in [6, 6.07) is 83.4. The standard InChI is InChI=1S/C60H38N2O/c1-2-11-46(12-3-1)61-54-17-7-4-13-49(54)51-35-31-44(37-56(51)61)45-32-36-52-50-14-5-8-18-55(50)62(57(52)38-45)47-33-29-42(30-34-47)40-23-21-39(22-24-40)41-25-27-43(28-26-41)48-16-10-20-59-60(48)53-15-6-9-19-58(53)63-59/h1-38H. The molecule has 294 valence electrons. The smallest absolute Gasteiger partial charge is 0.136 e. The van der Waals surface area contributed by atoms with Gasteiger partial charge in [-0.05, 0) is 105 Å². The van der Waals surface area contributed by atoms with Crippen LogP contribution in [-0.4, -0.2) is 9.13 Å². The van der Waals surface area contributed by atoms with E-state index in [-0.39, 0.29) is 0 Å². The molecule has 3 heteroatoms. The van der Waals surface area contributed by atoms with Crippen LogP contribution in [0.2, 0.25) is 0 Å². The van der Waals surface area contributed by atoms with Crippen molar-refractivity contribution >= 4 is 65.6 Å². The molecule has 0 saturated carbocycles. The molecule has 3 aromatic heterocycles. The second kappa shape index (κ2) is 14.1. The summed E-state index contributed by atoms with van der Waals surface area (Å²) in [5.41, 5.74) is 18.4. The molecule has 0 N–H and O–H groups in total. The number of para-hydroxylation sites is 4. The van der Waals surface area contributed by atoms with Crippen molar-refractivity contribution < 1.29 is 4.42 Å². The Balaban J connectivity index is 0.829. The summed E-state index contributed by atoms with van der Waals surface area (Å²) in [5, 5.41) is 7.32. The first kappa shape index (κ1) is 35.4. The zero-order valence-corrected chi connectivity index (χ0v) is 34.2. The summed E-state index contributed by atoms with van der Waals surface area (Å²) in [7, 11) is 0. The van der Waals surface area contributed by atoms with Crippen LogP contribution in [0.1, 0.15) is 0 Å². The third-order valence-corrected chi connectivity index (χ3v) is 13.0. The van der Waals surface area contributed by atoms with Crippen molar-refractivity contribution in [3.63, 3.8) is 0 Å². The van der Waals surface area contributed by atoms with Crippen LogP contribution in [0.5, 0.6) is 0 Å². The van der Waals surface area contributed by atoms with Gasteiger partial charge in [-0.1, -0.05) is 170 Å². The lowest BCUT2D eigenvalue weighted by Gasteiger charge is -2.11.